The lowest BCUT2D eigenvalue weighted by atomic mass is 9.94. The minimum atomic E-state index is -0.776. The van der Waals surface area contributed by atoms with Gasteiger partial charge in [-0.2, -0.15) is 0 Å². The van der Waals surface area contributed by atoms with Crippen molar-refractivity contribution in [3.8, 4) is 0 Å². The molecular formula is C12H14O3. The van der Waals surface area contributed by atoms with Crippen LogP contribution in [0.1, 0.15) is 29.5 Å². The van der Waals surface area contributed by atoms with Crippen LogP contribution in [0.4, 0.5) is 0 Å². The van der Waals surface area contributed by atoms with Gasteiger partial charge in [-0.25, -0.2) is 0 Å². The summed E-state index contributed by atoms with van der Waals surface area (Å²) in [5.74, 6) is -1.21. The molecule has 1 atom stereocenters. The fourth-order valence-electron chi connectivity index (χ4n) is 1.80. The highest BCUT2D eigenvalue weighted by Gasteiger charge is 2.16. The van der Waals surface area contributed by atoms with Gasteiger partial charge in [-0.05, 0) is 30.0 Å². The second-order valence-electron chi connectivity index (χ2n) is 3.89. The molecule has 0 saturated carbocycles. The summed E-state index contributed by atoms with van der Waals surface area (Å²) >= 11 is 0. The predicted molar refractivity (Wildman–Crippen MR) is 55.9 cm³/mol. The summed E-state index contributed by atoms with van der Waals surface area (Å²) in [5.41, 5.74) is 3.29. The van der Waals surface area contributed by atoms with Gasteiger partial charge in [0.2, 0.25) is 0 Å². The Kier molecular flexibility index (Phi) is 2.73. The van der Waals surface area contributed by atoms with Crippen molar-refractivity contribution < 1.29 is 14.6 Å². The first-order valence-corrected chi connectivity index (χ1v) is 5.10. The maximum Gasteiger partial charge on any atom is 0.310 e. The first-order chi connectivity index (χ1) is 7.18. The van der Waals surface area contributed by atoms with Crippen LogP contribution in [-0.4, -0.2) is 17.7 Å². The van der Waals surface area contributed by atoms with Gasteiger partial charge in [0.15, 0.2) is 0 Å². The Hall–Kier alpha value is -1.35. The van der Waals surface area contributed by atoms with E-state index < -0.39 is 11.9 Å². The van der Waals surface area contributed by atoms with Gasteiger partial charge in [0.1, 0.15) is 0 Å². The van der Waals surface area contributed by atoms with Crippen LogP contribution in [0.2, 0.25) is 0 Å². The minimum Gasteiger partial charge on any atom is -0.481 e. The average molecular weight is 206 g/mol. The molecule has 1 N–H and O–H groups in total. The predicted octanol–water partition coefficient (Wildman–Crippen LogP) is 1.95. The normalized spacial score (nSPS) is 16.9. The molecule has 0 aromatic heterocycles. The number of hydrogen-bond acceptors (Lipinski definition) is 2. The Bertz CT molecular complexity index is 384. The van der Waals surface area contributed by atoms with E-state index in [0.29, 0.717) is 6.61 Å². The smallest absolute Gasteiger partial charge is 0.310 e. The van der Waals surface area contributed by atoms with Gasteiger partial charge < -0.3 is 9.84 Å². The third-order valence-electron chi connectivity index (χ3n) is 2.87. The van der Waals surface area contributed by atoms with Crippen LogP contribution in [0.3, 0.4) is 0 Å². The zero-order valence-electron chi connectivity index (χ0n) is 8.69. The second kappa shape index (κ2) is 4.03. The molecule has 0 bridgehead atoms. The number of ether oxygens (including phenoxy) is 1. The number of hydrogen-bond donors (Lipinski definition) is 1. The number of rotatable bonds is 2. The van der Waals surface area contributed by atoms with E-state index in [1.54, 1.807) is 6.92 Å². The molecule has 0 amide bonds. The van der Waals surface area contributed by atoms with Crippen molar-refractivity contribution in [3.63, 3.8) is 0 Å². The molecule has 3 nitrogen and oxygen atoms in total. The van der Waals surface area contributed by atoms with Gasteiger partial charge in [-0.1, -0.05) is 18.2 Å². The van der Waals surface area contributed by atoms with E-state index in [2.05, 4.69) is 0 Å². The number of fused-ring (bicyclic) bond motifs is 1. The zero-order valence-corrected chi connectivity index (χ0v) is 8.69. The summed E-state index contributed by atoms with van der Waals surface area (Å²) in [6, 6.07) is 5.85. The molecule has 2 rings (SSSR count). The van der Waals surface area contributed by atoms with Crippen molar-refractivity contribution >= 4 is 5.97 Å². The van der Waals surface area contributed by atoms with Gasteiger partial charge in [-0.3, -0.25) is 4.79 Å². The van der Waals surface area contributed by atoms with E-state index in [1.807, 2.05) is 18.2 Å². The maximum atomic E-state index is 10.8. The molecule has 3 heteroatoms. The van der Waals surface area contributed by atoms with Gasteiger partial charge >= 0.3 is 5.97 Å². The Morgan fingerprint density at radius 3 is 3.00 bits per heavy atom. The minimum absolute atomic E-state index is 0.432. The molecule has 15 heavy (non-hydrogen) atoms. The lowest BCUT2D eigenvalue weighted by Gasteiger charge is -2.18. The molecule has 0 fully saturated rings. The van der Waals surface area contributed by atoms with E-state index in [0.717, 1.165) is 18.6 Å². The van der Waals surface area contributed by atoms with Gasteiger partial charge in [0.05, 0.1) is 19.1 Å². The summed E-state index contributed by atoms with van der Waals surface area (Å²) in [5, 5.41) is 8.91. The number of carboxylic acid groups (broad SMARTS) is 1. The van der Waals surface area contributed by atoms with Gasteiger partial charge in [-0.15, -0.1) is 0 Å². The molecule has 0 radical (unpaired) electrons. The summed E-state index contributed by atoms with van der Waals surface area (Å²) in [6.07, 6.45) is 0.884. The Balaban J connectivity index is 2.31. The van der Waals surface area contributed by atoms with Crippen molar-refractivity contribution in [2.45, 2.75) is 25.9 Å². The Morgan fingerprint density at radius 1 is 1.47 bits per heavy atom. The Labute approximate surface area is 88.7 Å². The Morgan fingerprint density at radius 2 is 2.27 bits per heavy atom. The molecule has 1 aromatic rings. The van der Waals surface area contributed by atoms with Crippen LogP contribution in [-0.2, 0) is 22.6 Å². The average Bonchev–Trinajstić information content (AvgIpc) is 2.27. The number of carboxylic acids is 1. The number of aliphatic carboxylic acids is 1. The third-order valence-corrected chi connectivity index (χ3v) is 2.87. The van der Waals surface area contributed by atoms with E-state index in [4.69, 9.17) is 9.84 Å². The maximum absolute atomic E-state index is 10.8. The van der Waals surface area contributed by atoms with Crippen molar-refractivity contribution in [2.24, 2.45) is 0 Å². The standard InChI is InChI=1S/C12H14O3/c1-8(12(13)14)9-2-3-11-7-15-5-4-10(11)6-9/h2-3,6,8H,4-5,7H2,1H3,(H,13,14). The van der Waals surface area contributed by atoms with Crippen molar-refractivity contribution in [1.29, 1.82) is 0 Å². The van der Waals surface area contributed by atoms with Crippen LogP contribution >= 0.6 is 0 Å². The monoisotopic (exact) mass is 206 g/mol. The highest BCUT2D eigenvalue weighted by atomic mass is 16.5. The molecule has 0 saturated heterocycles. The summed E-state index contributed by atoms with van der Waals surface area (Å²) in [4.78, 5) is 10.8. The second-order valence-corrected chi connectivity index (χ2v) is 3.89. The summed E-state index contributed by atoms with van der Waals surface area (Å²) < 4.78 is 5.33. The van der Waals surface area contributed by atoms with Gasteiger partial charge in [0.25, 0.3) is 0 Å². The zero-order chi connectivity index (χ0) is 10.8. The molecule has 1 aliphatic heterocycles. The summed E-state index contributed by atoms with van der Waals surface area (Å²) in [6.45, 7) is 3.10. The van der Waals surface area contributed by atoms with Crippen LogP contribution < -0.4 is 0 Å². The SMILES string of the molecule is CC(C(=O)O)c1ccc2c(c1)CCOC2. The topological polar surface area (TPSA) is 46.5 Å². The van der Waals surface area contributed by atoms with Crippen LogP contribution in [0.25, 0.3) is 0 Å². The van der Waals surface area contributed by atoms with E-state index in [9.17, 15) is 4.79 Å². The number of carbonyl (C=O) groups is 1. The molecule has 0 aliphatic carbocycles. The quantitative estimate of drug-likeness (QED) is 0.804. The van der Waals surface area contributed by atoms with Crippen molar-refractivity contribution in [1.82, 2.24) is 0 Å². The molecule has 1 aliphatic rings. The van der Waals surface area contributed by atoms with Crippen molar-refractivity contribution in [2.75, 3.05) is 6.61 Å². The lowest BCUT2D eigenvalue weighted by Crippen LogP contribution is -2.12. The number of benzene rings is 1. The van der Waals surface area contributed by atoms with E-state index >= 15 is 0 Å². The molecule has 1 unspecified atom stereocenters. The first kappa shape index (κ1) is 10.2. The largest absolute Gasteiger partial charge is 0.481 e. The van der Waals surface area contributed by atoms with E-state index in [-0.39, 0.29) is 0 Å². The summed E-state index contributed by atoms with van der Waals surface area (Å²) in [7, 11) is 0. The first-order valence-electron chi connectivity index (χ1n) is 5.10. The highest BCUT2D eigenvalue weighted by molar-refractivity contribution is 5.75. The molecular weight excluding hydrogens is 192 g/mol. The molecule has 1 aromatic carbocycles. The molecule has 1 heterocycles. The molecule has 0 spiro atoms. The van der Waals surface area contributed by atoms with Crippen LogP contribution in [0, 0.1) is 0 Å². The third kappa shape index (κ3) is 2.02. The fraction of sp³-hybridized carbons (Fsp3) is 0.417. The lowest BCUT2D eigenvalue weighted by molar-refractivity contribution is -0.138. The van der Waals surface area contributed by atoms with Crippen LogP contribution in [0.5, 0.6) is 0 Å². The fourth-order valence-corrected chi connectivity index (χ4v) is 1.80. The van der Waals surface area contributed by atoms with Gasteiger partial charge in [0, 0.05) is 0 Å². The highest BCUT2D eigenvalue weighted by Crippen LogP contribution is 2.23. The van der Waals surface area contributed by atoms with E-state index in [1.165, 1.54) is 11.1 Å². The molecule has 80 valence electrons. The van der Waals surface area contributed by atoms with Crippen molar-refractivity contribution in [3.05, 3.63) is 34.9 Å². The van der Waals surface area contributed by atoms with Crippen LogP contribution in [0.15, 0.2) is 18.2 Å².